The summed E-state index contributed by atoms with van der Waals surface area (Å²) in [5.41, 5.74) is 15.4. The summed E-state index contributed by atoms with van der Waals surface area (Å²) in [7, 11) is 0. The Balaban J connectivity index is 0.00000494. The van der Waals surface area contributed by atoms with Gasteiger partial charge >= 0.3 is 0 Å². The monoisotopic (exact) mass is 1040 g/mol. The number of rotatable bonds is 9. The first-order valence-corrected chi connectivity index (χ1v) is 22.0. The Morgan fingerprint density at radius 3 is 1.69 bits per heavy atom. The van der Waals surface area contributed by atoms with E-state index in [2.05, 4.69) is 209 Å². The molecule has 67 heavy (non-hydrogen) atoms. The largest absolute Gasteiger partial charge is 0.488 e. The molecule has 0 unspecified atom stereocenters. The van der Waals surface area contributed by atoms with Gasteiger partial charge in [-0.25, -0.2) is 4.98 Å². The summed E-state index contributed by atoms with van der Waals surface area (Å²) in [4.78, 5) is 19.7. The Bertz CT molecular complexity index is 3490. The summed E-state index contributed by atoms with van der Waals surface area (Å²) in [5, 5.41) is 2.21. The van der Waals surface area contributed by atoms with Gasteiger partial charge in [0, 0.05) is 62.2 Å². The summed E-state index contributed by atoms with van der Waals surface area (Å²) in [6, 6.07) is 81.6. The molecule has 0 amide bonds. The van der Waals surface area contributed by atoms with E-state index in [0.717, 1.165) is 106 Å². The van der Waals surface area contributed by atoms with Gasteiger partial charge < -0.3 is 14.4 Å². The first kappa shape index (κ1) is 41.5. The molecule has 0 spiro atoms. The summed E-state index contributed by atoms with van der Waals surface area (Å²) in [6.07, 6.45) is 5.64. The van der Waals surface area contributed by atoms with E-state index in [1.165, 1.54) is 0 Å². The minimum Gasteiger partial charge on any atom is -0.488 e. The van der Waals surface area contributed by atoms with Gasteiger partial charge in [0.2, 0.25) is 0 Å². The van der Waals surface area contributed by atoms with Gasteiger partial charge in [-0.1, -0.05) is 132 Å². The van der Waals surface area contributed by atoms with E-state index >= 15 is 0 Å². The van der Waals surface area contributed by atoms with Crippen molar-refractivity contribution in [3.63, 3.8) is 0 Å². The number of hydrogen-bond donors (Lipinski definition) is 0. The quantitative estimate of drug-likeness (QED) is 0.135. The van der Waals surface area contributed by atoms with Crippen LogP contribution in [0.4, 0.5) is 22.7 Å². The van der Waals surface area contributed by atoms with Crippen LogP contribution >= 0.6 is 0 Å². The van der Waals surface area contributed by atoms with Crippen LogP contribution < -0.4 is 9.80 Å². The number of nitrogens with zero attached hydrogens (tertiary/aromatic N) is 6. The second-order valence-corrected chi connectivity index (χ2v) is 16.1. The second-order valence-electron chi connectivity index (χ2n) is 16.1. The number of pyridine rings is 3. The van der Waals surface area contributed by atoms with Crippen molar-refractivity contribution in [3.05, 3.63) is 272 Å². The zero-order chi connectivity index (χ0) is 43.8. The third-order valence-electron chi connectivity index (χ3n) is 12.2. The van der Waals surface area contributed by atoms with Gasteiger partial charge in [0.25, 0.3) is 0 Å². The van der Waals surface area contributed by atoms with E-state index in [1.807, 2.05) is 55.0 Å². The fourth-order valence-corrected chi connectivity index (χ4v) is 9.16. The van der Waals surface area contributed by atoms with Crippen LogP contribution in [0.2, 0.25) is 0 Å². The summed E-state index contributed by atoms with van der Waals surface area (Å²) < 4.78 is 2.21. The van der Waals surface area contributed by atoms with Crippen molar-refractivity contribution in [1.29, 1.82) is 0 Å². The zero-order valence-electron chi connectivity index (χ0n) is 36.0. The van der Waals surface area contributed by atoms with Gasteiger partial charge in [0.15, 0.2) is 0 Å². The Kier molecular flexibility index (Phi) is 11.2. The third kappa shape index (κ3) is 7.71. The molecule has 1 aliphatic rings. The first-order valence-electron chi connectivity index (χ1n) is 22.0. The molecule has 0 aliphatic carbocycles. The number of hydrogen-bond acceptors (Lipinski definition) is 5. The van der Waals surface area contributed by atoms with Crippen LogP contribution in [0.3, 0.4) is 0 Å². The molecule has 322 valence electrons. The Labute approximate surface area is 404 Å². The smallest absolute Gasteiger partial charge is 0.136 e. The Morgan fingerprint density at radius 2 is 1.01 bits per heavy atom. The van der Waals surface area contributed by atoms with E-state index in [1.54, 1.807) is 0 Å². The van der Waals surface area contributed by atoms with Gasteiger partial charge in [-0.05, 0) is 105 Å². The molecular formula is C60H39N6Pt-3. The summed E-state index contributed by atoms with van der Waals surface area (Å²) >= 11 is 0. The molecule has 0 bridgehead atoms. The summed E-state index contributed by atoms with van der Waals surface area (Å²) in [5.74, 6) is 0.817. The van der Waals surface area contributed by atoms with E-state index in [9.17, 15) is 0 Å². The van der Waals surface area contributed by atoms with Gasteiger partial charge in [-0.15, -0.1) is 60.3 Å². The van der Waals surface area contributed by atoms with E-state index in [0.29, 0.717) is 0 Å². The van der Waals surface area contributed by atoms with Gasteiger partial charge in [-0.2, -0.15) is 0 Å². The van der Waals surface area contributed by atoms with Crippen molar-refractivity contribution in [3.8, 4) is 28.1 Å². The minimum absolute atomic E-state index is 0. The Hall–Kier alpha value is -8.18. The van der Waals surface area contributed by atoms with E-state index < -0.39 is 0 Å². The molecule has 0 atom stereocenters. The number of anilines is 4. The van der Waals surface area contributed by atoms with Crippen LogP contribution in [0.15, 0.2) is 231 Å². The van der Waals surface area contributed by atoms with Crippen molar-refractivity contribution >= 4 is 55.7 Å². The molecule has 7 aromatic carbocycles. The molecule has 12 rings (SSSR count). The van der Waals surface area contributed by atoms with Crippen LogP contribution in [0.25, 0.3) is 61.0 Å². The zero-order valence-corrected chi connectivity index (χ0v) is 38.3. The van der Waals surface area contributed by atoms with Crippen molar-refractivity contribution in [2.75, 3.05) is 9.80 Å². The van der Waals surface area contributed by atoms with Crippen LogP contribution in [0, 0.1) is 18.8 Å². The van der Waals surface area contributed by atoms with Crippen LogP contribution in [0.1, 0.15) is 22.5 Å². The maximum Gasteiger partial charge on any atom is 0.136 e. The molecule has 0 saturated heterocycles. The molecule has 6 nitrogen and oxygen atoms in total. The van der Waals surface area contributed by atoms with Crippen LogP contribution in [-0.2, 0) is 21.1 Å². The SMILES string of the molecule is [Pt].[c-]1c(C(=C(c2cc(-c3ccccc3)ccn2)c2cc(-c3ccccc3)ccn2)c2[c-]c3c(cc2)c2ccccc2n3-c2ccccn2)cccc1N1[CH-]N(c2ccccc2)c2ccccc21. The molecule has 0 N–H and O–H groups in total. The predicted molar refractivity (Wildman–Crippen MR) is 269 cm³/mol. The van der Waals surface area contributed by atoms with Crippen molar-refractivity contribution < 1.29 is 21.1 Å². The van der Waals surface area contributed by atoms with Crippen molar-refractivity contribution in [2.45, 2.75) is 0 Å². The van der Waals surface area contributed by atoms with Gasteiger partial charge in [0.1, 0.15) is 5.82 Å². The molecule has 1 aliphatic heterocycles. The maximum atomic E-state index is 5.19. The molecular weight excluding hydrogens is 1000 g/mol. The molecule has 0 radical (unpaired) electrons. The average molecular weight is 1040 g/mol. The average Bonchev–Trinajstić information content (AvgIpc) is 3.95. The number of benzene rings is 7. The van der Waals surface area contributed by atoms with E-state index in [4.69, 9.17) is 15.0 Å². The second kappa shape index (κ2) is 18.0. The van der Waals surface area contributed by atoms with Gasteiger partial charge in [-0.3, -0.25) is 9.97 Å². The van der Waals surface area contributed by atoms with Crippen molar-refractivity contribution in [2.24, 2.45) is 0 Å². The minimum atomic E-state index is 0. The van der Waals surface area contributed by atoms with E-state index in [-0.39, 0.29) is 21.1 Å². The number of fused-ring (bicyclic) bond motifs is 4. The normalized spacial score (nSPS) is 11.9. The number of aromatic nitrogens is 4. The third-order valence-corrected chi connectivity index (χ3v) is 12.2. The van der Waals surface area contributed by atoms with Crippen molar-refractivity contribution in [1.82, 2.24) is 19.5 Å². The topological polar surface area (TPSA) is 50.1 Å². The Morgan fingerprint density at radius 1 is 0.418 bits per heavy atom. The molecule has 4 aromatic heterocycles. The molecule has 5 heterocycles. The molecule has 7 heteroatoms. The molecule has 0 saturated carbocycles. The fourth-order valence-electron chi connectivity index (χ4n) is 9.16. The van der Waals surface area contributed by atoms with Gasteiger partial charge in [0.05, 0.1) is 11.4 Å². The van der Waals surface area contributed by atoms with Crippen LogP contribution in [-0.4, -0.2) is 19.5 Å². The molecule has 11 aromatic rings. The first-order chi connectivity index (χ1) is 32.7. The molecule has 0 fully saturated rings. The fraction of sp³-hybridized carbons (Fsp3) is 0. The summed E-state index contributed by atoms with van der Waals surface area (Å²) in [6.45, 7) is 2.15. The van der Waals surface area contributed by atoms with Crippen LogP contribution in [0.5, 0.6) is 0 Å². The standard InChI is InChI=1S/C60H39N6.Pt/c1-4-17-42(18-5-1)44-32-35-61-52(38-44)60(53-39-45(33-36-62-53)43-19-6-2-7-20-43)59(47-30-31-51-50-25-10-11-26-54(50)66(57(51)40-47)58-29-14-15-34-63-58)46-21-16-24-49(37-46)65-41-64(48-22-8-3-9-23-48)55-27-12-13-28-56(55)65;/h1-36,38-39,41H;/q-3;. The predicted octanol–water partition coefficient (Wildman–Crippen LogP) is 14.3. The number of para-hydroxylation sites is 4. The maximum absolute atomic E-state index is 5.19.